The Morgan fingerprint density at radius 3 is 2.45 bits per heavy atom. The number of benzene rings is 2. The van der Waals surface area contributed by atoms with Gasteiger partial charge in [0.05, 0.1) is 5.02 Å². The van der Waals surface area contributed by atoms with Crippen molar-refractivity contribution in [3.63, 3.8) is 0 Å². The first-order valence-electron chi connectivity index (χ1n) is 6.69. The van der Waals surface area contributed by atoms with Crippen LogP contribution in [0.3, 0.4) is 0 Å². The number of hydrogen-bond acceptors (Lipinski definition) is 1. The van der Waals surface area contributed by atoms with E-state index in [1.807, 2.05) is 19.2 Å². The van der Waals surface area contributed by atoms with E-state index >= 15 is 0 Å². The van der Waals surface area contributed by atoms with Crippen LogP contribution in [-0.4, -0.2) is 7.05 Å². The Morgan fingerprint density at radius 1 is 1.10 bits per heavy atom. The van der Waals surface area contributed by atoms with E-state index in [-0.39, 0.29) is 6.04 Å². The van der Waals surface area contributed by atoms with E-state index in [0.29, 0.717) is 0 Å². The molecule has 0 aliphatic rings. The van der Waals surface area contributed by atoms with E-state index in [0.717, 1.165) is 15.9 Å². The molecule has 0 aliphatic carbocycles. The molecule has 2 aromatic carbocycles. The summed E-state index contributed by atoms with van der Waals surface area (Å²) in [6.45, 7) is 4.30. The largest absolute Gasteiger partial charge is 0.313 e. The highest BCUT2D eigenvalue weighted by molar-refractivity contribution is 9.10. The molecule has 0 saturated carbocycles. The van der Waals surface area contributed by atoms with Gasteiger partial charge >= 0.3 is 0 Å². The summed E-state index contributed by atoms with van der Waals surface area (Å²) in [7, 11) is 1.99. The summed E-state index contributed by atoms with van der Waals surface area (Å²) in [6, 6.07) is 13.1. The Bertz CT molecular complexity index is 610. The predicted molar refractivity (Wildman–Crippen MR) is 90.6 cm³/mol. The van der Waals surface area contributed by atoms with Crippen LogP contribution in [0.15, 0.2) is 40.9 Å². The maximum Gasteiger partial charge on any atom is 0.0551 e. The van der Waals surface area contributed by atoms with Crippen molar-refractivity contribution in [3.05, 3.63) is 68.1 Å². The standard InChI is InChI=1S/C17H19BrClN/c1-11-4-5-13(8-12(11)2)9-17(20-3)14-6-7-15(18)16(19)10-14/h4-8,10,17,20H,9H2,1-3H3. The zero-order valence-corrected chi connectivity index (χ0v) is 14.3. The lowest BCUT2D eigenvalue weighted by Gasteiger charge is -2.18. The molecule has 1 atom stereocenters. The number of rotatable bonds is 4. The number of nitrogens with one attached hydrogen (secondary N) is 1. The van der Waals surface area contributed by atoms with E-state index in [1.165, 1.54) is 22.3 Å². The maximum atomic E-state index is 6.19. The van der Waals surface area contributed by atoms with Gasteiger partial charge in [-0.2, -0.15) is 0 Å². The first-order chi connectivity index (χ1) is 9.51. The second-order valence-corrected chi connectivity index (χ2v) is 6.40. The number of halogens is 2. The molecular formula is C17H19BrClN. The Hall–Kier alpha value is -0.830. The van der Waals surface area contributed by atoms with Gasteiger partial charge in [-0.15, -0.1) is 0 Å². The van der Waals surface area contributed by atoms with E-state index < -0.39 is 0 Å². The van der Waals surface area contributed by atoms with Crippen LogP contribution in [0.25, 0.3) is 0 Å². The zero-order valence-electron chi connectivity index (χ0n) is 12.0. The molecule has 0 radical (unpaired) electrons. The van der Waals surface area contributed by atoms with Crippen LogP contribution in [0.5, 0.6) is 0 Å². The third kappa shape index (κ3) is 3.63. The minimum absolute atomic E-state index is 0.266. The molecule has 0 heterocycles. The minimum Gasteiger partial charge on any atom is -0.313 e. The van der Waals surface area contributed by atoms with Gasteiger partial charge in [0.1, 0.15) is 0 Å². The quantitative estimate of drug-likeness (QED) is 0.795. The molecule has 1 nitrogen and oxygen atoms in total. The molecule has 1 N–H and O–H groups in total. The van der Waals surface area contributed by atoms with Crippen molar-refractivity contribution in [2.24, 2.45) is 0 Å². The predicted octanol–water partition coefficient (Wildman–Crippen LogP) is 5.22. The van der Waals surface area contributed by atoms with Crippen molar-refractivity contribution < 1.29 is 0 Å². The van der Waals surface area contributed by atoms with Crippen molar-refractivity contribution in [1.82, 2.24) is 5.32 Å². The molecule has 0 amide bonds. The Labute approximate surface area is 134 Å². The zero-order chi connectivity index (χ0) is 14.7. The summed E-state index contributed by atoms with van der Waals surface area (Å²) in [5.74, 6) is 0. The number of likely N-dealkylation sites (N-methyl/N-ethyl adjacent to an activating group) is 1. The van der Waals surface area contributed by atoms with Gasteiger partial charge < -0.3 is 5.32 Å². The van der Waals surface area contributed by atoms with Crippen LogP contribution < -0.4 is 5.32 Å². The van der Waals surface area contributed by atoms with Gasteiger partial charge in [0.2, 0.25) is 0 Å². The van der Waals surface area contributed by atoms with E-state index in [9.17, 15) is 0 Å². The molecular weight excluding hydrogens is 334 g/mol. The third-order valence-corrected chi connectivity index (χ3v) is 4.94. The van der Waals surface area contributed by atoms with Gasteiger partial charge in [0.25, 0.3) is 0 Å². The Morgan fingerprint density at radius 2 is 1.85 bits per heavy atom. The third-order valence-electron chi connectivity index (χ3n) is 3.71. The maximum absolute atomic E-state index is 6.19. The lowest BCUT2D eigenvalue weighted by atomic mass is 9.97. The molecule has 3 heteroatoms. The molecule has 1 unspecified atom stereocenters. The van der Waals surface area contributed by atoms with Gasteiger partial charge in [-0.25, -0.2) is 0 Å². The molecule has 2 aromatic rings. The number of aryl methyl sites for hydroxylation is 2. The van der Waals surface area contributed by atoms with E-state index in [4.69, 9.17) is 11.6 Å². The first kappa shape index (κ1) is 15.6. The second-order valence-electron chi connectivity index (χ2n) is 5.14. The summed E-state index contributed by atoms with van der Waals surface area (Å²) in [6.07, 6.45) is 0.954. The summed E-state index contributed by atoms with van der Waals surface area (Å²) < 4.78 is 0.934. The van der Waals surface area contributed by atoms with Crippen molar-refractivity contribution in [2.75, 3.05) is 7.05 Å². The lowest BCUT2D eigenvalue weighted by molar-refractivity contribution is 0.592. The molecule has 0 aromatic heterocycles. The van der Waals surface area contributed by atoms with E-state index in [1.54, 1.807) is 0 Å². The van der Waals surface area contributed by atoms with Crippen molar-refractivity contribution in [2.45, 2.75) is 26.3 Å². The highest BCUT2D eigenvalue weighted by Gasteiger charge is 2.12. The molecule has 106 valence electrons. The Kier molecular flexibility index (Phi) is 5.25. The number of hydrogen-bond donors (Lipinski definition) is 1. The topological polar surface area (TPSA) is 12.0 Å². The van der Waals surface area contributed by atoms with Crippen LogP contribution >= 0.6 is 27.5 Å². The SMILES string of the molecule is CNC(Cc1ccc(C)c(C)c1)c1ccc(Br)c(Cl)c1. The highest BCUT2D eigenvalue weighted by Crippen LogP contribution is 2.27. The normalized spacial score (nSPS) is 12.4. The second kappa shape index (κ2) is 6.75. The fraction of sp³-hybridized carbons (Fsp3) is 0.294. The summed E-state index contributed by atoms with van der Waals surface area (Å²) >= 11 is 9.62. The first-order valence-corrected chi connectivity index (χ1v) is 7.86. The van der Waals surface area contributed by atoms with Gasteiger partial charge in [-0.3, -0.25) is 0 Å². The van der Waals surface area contributed by atoms with Crippen molar-refractivity contribution >= 4 is 27.5 Å². The van der Waals surface area contributed by atoms with Gasteiger partial charge in [0, 0.05) is 10.5 Å². The van der Waals surface area contributed by atoms with Gasteiger partial charge in [-0.1, -0.05) is 35.9 Å². The summed E-state index contributed by atoms with van der Waals surface area (Å²) in [5.41, 5.74) is 5.22. The molecule has 0 saturated heterocycles. The van der Waals surface area contributed by atoms with Gasteiger partial charge in [-0.05, 0) is 77.6 Å². The molecule has 0 fully saturated rings. The minimum atomic E-state index is 0.266. The van der Waals surface area contributed by atoms with Crippen molar-refractivity contribution in [3.8, 4) is 0 Å². The monoisotopic (exact) mass is 351 g/mol. The highest BCUT2D eigenvalue weighted by atomic mass is 79.9. The Balaban J connectivity index is 2.23. The van der Waals surface area contributed by atoms with Gasteiger partial charge in [0.15, 0.2) is 0 Å². The molecule has 20 heavy (non-hydrogen) atoms. The van der Waals surface area contributed by atoms with Crippen LogP contribution in [0, 0.1) is 13.8 Å². The molecule has 2 rings (SSSR count). The summed E-state index contributed by atoms with van der Waals surface area (Å²) in [5, 5.41) is 4.13. The van der Waals surface area contributed by atoms with Crippen molar-refractivity contribution in [1.29, 1.82) is 0 Å². The fourth-order valence-electron chi connectivity index (χ4n) is 2.28. The van der Waals surface area contributed by atoms with Crippen LogP contribution in [0.1, 0.15) is 28.3 Å². The average molecular weight is 353 g/mol. The smallest absolute Gasteiger partial charge is 0.0551 e. The van der Waals surface area contributed by atoms with Crippen LogP contribution in [0.4, 0.5) is 0 Å². The van der Waals surface area contributed by atoms with Crippen LogP contribution in [0.2, 0.25) is 5.02 Å². The molecule has 0 bridgehead atoms. The molecule has 0 aliphatic heterocycles. The molecule has 0 spiro atoms. The fourth-order valence-corrected chi connectivity index (χ4v) is 2.72. The van der Waals surface area contributed by atoms with E-state index in [2.05, 4.69) is 59.4 Å². The average Bonchev–Trinajstić information content (AvgIpc) is 2.43. The lowest BCUT2D eigenvalue weighted by Crippen LogP contribution is -2.18. The van der Waals surface area contributed by atoms with Crippen LogP contribution in [-0.2, 0) is 6.42 Å². The summed E-state index contributed by atoms with van der Waals surface area (Å²) in [4.78, 5) is 0.